The van der Waals surface area contributed by atoms with Gasteiger partial charge in [-0.15, -0.1) is 0 Å². The van der Waals surface area contributed by atoms with Gasteiger partial charge in [0.1, 0.15) is 0 Å². The average Bonchev–Trinajstić information content (AvgIpc) is 2.98. The van der Waals surface area contributed by atoms with Crippen molar-refractivity contribution in [1.82, 2.24) is 20.4 Å². The van der Waals surface area contributed by atoms with Crippen LogP contribution in [0, 0.1) is 13.8 Å². The van der Waals surface area contributed by atoms with Gasteiger partial charge in [-0.3, -0.25) is 9.67 Å². The fraction of sp³-hybridized carbons (Fsp3) is 0.565. The Labute approximate surface area is 174 Å². The van der Waals surface area contributed by atoms with Crippen molar-refractivity contribution in [3.05, 3.63) is 52.8 Å². The highest BCUT2D eigenvalue weighted by atomic mass is 16.5. The number of nitrogens with zero attached hydrogens (tertiary/aromatic N) is 3. The molecule has 0 amide bonds. The Balaban J connectivity index is 1.64. The van der Waals surface area contributed by atoms with Gasteiger partial charge in [0.15, 0.2) is 5.96 Å². The Bertz CT molecular complexity index is 821. The van der Waals surface area contributed by atoms with Gasteiger partial charge in [-0.1, -0.05) is 30.3 Å². The summed E-state index contributed by atoms with van der Waals surface area (Å²) in [6.07, 6.45) is 2.96. The van der Waals surface area contributed by atoms with Crippen molar-refractivity contribution in [2.24, 2.45) is 12.0 Å². The first-order valence-corrected chi connectivity index (χ1v) is 10.5. The molecule has 0 bridgehead atoms. The lowest BCUT2D eigenvalue weighted by molar-refractivity contribution is 0.0513. The van der Waals surface area contributed by atoms with Crippen LogP contribution in [0.1, 0.15) is 42.3 Å². The smallest absolute Gasteiger partial charge is 0.191 e. The van der Waals surface area contributed by atoms with E-state index < -0.39 is 0 Å². The van der Waals surface area contributed by atoms with Crippen LogP contribution in [0.4, 0.5) is 0 Å². The maximum atomic E-state index is 5.65. The second kappa shape index (κ2) is 9.44. The summed E-state index contributed by atoms with van der Waals surface area (Å²) in [7, 11) is 3.84. The summed E-state index contributed by atoms with van der Waals surface area (Å²) in [6, 6.07) is 11.1. The minimum Gasteiger partial charge on any atom is -0.381 e. The van der Waals surface area contributed by atoms with Crippen molar-refractivity contribution in [2.75, 3.05) is 26.8 Å². The predicted octanol–water partition coefficient (Wildman–Crippen LogP) is 2.88. The van der Waals surface area contributed by atoms with E-state index in [1.54, 1.807) is 0 Å². The van der Waals surface area contributed by atoms with E-state index in [-0.39, 0.29) is 11.5 Å². The fourth-order valence-corrected chi connectivity index (χ4v) is 4.27. The number of aromatic nitrogens is 2. The van der Waals surface area contributed by atoms with Crippen LogP contribution >= 0.6 is 0 Å². The Morgan fingerprint density at radius 1 is 1.24 bits per heavy atom. The standard InChI is InChI=1S/C23H35N5O/c1-17(15-21-18(2)27-28(5)19(21)3)26-22(24-4)25-16-23(11-13-29-14-12-23)20-9-7-6-8-10-20/h6-10,17H,11-16H2,1-5H3,(H2,24,25,26). The van der Waals surface area contributed by atoms with Gasteiger partial charge in [0, 0.05) is 51.0 Å². The minimum absolute atomic E-state index is 0.0803. The Morgan fingerprint density at radius 2 is 1.93 bits per heavy atom. The molecular weight excluding hydrogens is 362 g/mol. The number of aliphatic imine (C=N–C) groups is 1. The van der Waals surface area contributed by atoms with Gasteiger partial charge < -0.3 is 15.4 Å². The molecule has 1 atom stereocenters. The number of benzene rings is 1. The summed E-state index contributed by atoms with van der Waals surface area (Å²) in [5.41, 5.74) is 5.10. The second-order valence-corrected chi connectivity index (χ2v) is 8.21. The average molecular weight is 398 g/mol. The normalized spacial score (nSPS) is 17.8. The van der Waals surface area contributed by atoms with Crippen LogP contribution in [0.5, 0.6) is 0 Å². The van der Waals surface area contributed by atoms with E-state index in [9.17, 15) is 0 Å². The highest BCUT2D eigenvalue weighted by molar-refractivity contribution is 5.80. The number of ether oxygens (including phenoxy) is 1. The first kappa shape index (κ1) is 21.4. The van der Waals surface area contributed by atoms with Crippen molar-refractivity contribution in [3.8, 4) is 0 Å². The Morgan fingerprint density at radius 3 is 2.52 bits per heavy atom. The molecule has 1 saturated heterocycles. The first-order chi connectivity index (χ1) is 13.9. The third-order valence-corrected chi connectivity index (χ3v) is 6.21. The number of guanidine groups is 1. The summed E-state index contributed by atoms with van der Waals surface area (Å²) in [5.74, 6) is 0.846. The molecule has 2 aromatic rings. The summed E-state index contributed by atoms with van der Waals surface area (Å²) in [6.45, 7) is 8.86. The van der Waals surface area contributed by atoms with Crippen LogP contribution in [-0.4, -0.2) is 48.6 Å². The quantitative estimate of drug-likeness (QED) is 0.581. The summed E-state index contributed by atoms with van der Waals surface area (Å²) < 4.78 is 7.61. The molecule has 1 fully saturated rings. The van der Waals surface area contributed by atoms with E-state index >= 15 is 0 Å². The van der Waals surface area contributed by atoms with Crippen molar-refractivity contribution < 1.29 is 4.74 Å². The highest BCUT2D eigenvalue weighted by Crippen LogP contribution is 2.34. The van der Waals surface area contributed by atoms with Crippen LogP contribution in [-0.2, 0) is 23.6 Å². The molecule has 6 nitrogen and oxygen atoms in total. The maximum absolute atomic E-state index is 5.65. The van der Waals surface area contributed by atoms with Gasteiger partial charge in [-0.2, -0.15) is 5.10 Å². The summed E-state index contributed by atoms with van der Waals surface area (Å²) in [4.78, 5) is 4.47. The van der Waals surface area contributed by atoms with E-state index in [1.807, 2.05) is 18.8 Å². The number of hydrogen-bond acceptors (Lipinski definition) is 3. The van der Waals surface area contributed by atoms with E-state index in [4.69, 9.17) is 4.74 Å². The number of nitrogens with one attached hydrogen (secondary N) is 2. The lowest BCUT2D eigenvalue weighted by atomic mass is 9.74. The summed E-state index contributed by atoms with van der Waals surface area (Å²) in [5, 5.41) is 11.7. The zero-order chi connectivity index (χ0) is 20.9. The molecular formula is C23H35N5O. The lowest BCUT2D eigenvalue weighted by Gasteiger charge is -2.38. The van der Waals surface area contributed by atoms with Crippen LogP contribution in [0.3, 0.4) is 0 Å². The van der Waals surface area contributed by atoms with Crippen LogP contribution < -0.4 is 10.6 Å². The van der Waals surface area contributed by atoms with Gasteiger partial charge in [0.05, 0.1) is 5.69 Å². The molecule has 29 heavy (non-hydrogen) atoms. The van der Waals surface area contributed by atoms with Gasteiger partial charge in [-0.25, -0.2) is 0 Å². The molecule has 158 valence electrons. The summed E-state index contributed by atoms with van der Waals surface area (Å²) >= 11 is 0. The van der Waals surface area contributed by atoms with Crippen molar-refractivity contribution in [3.63, 3.8) is 0 Å². The molecule has 0 saturated carbocycles. The predicted molar refractivity (Wildman–Crippen MR) is 119 cm³/mol. The molecule has 1 aliphatic rings. The first-order valence-electron chi connectivity index (χ1n) is 10.5. The van der Waals surface area contributed by atoms with Gasteiger partial charge in [0.2, 0.25) is 0 Å². The van der Waals surface area contributed by atoms with Crippen molar-refractivity contribution in [1.29, 1.82) is 0 Å². The second-order valence-electron chi connectivity index (χ2n) is 8.21. The topological polar surface area (TPSA) is 63.5 Å². The van der Waals surface area contributed by atoms with E-state index in [0.717, 1.165) is 50.7 Å². The molecule has 1 aromatic carbocycles. The Kier molecular flexibility index (Phi) is 6.96. The molecule has 2 N–H and O–H groups in total. The van der Waals surface area contributed by atoms with Gasteiger partial charge in [0.25, 0.3) is 0 Å². The number of hydrogen-bond donors (Lipinski definition) is 2. The molecule has 1 unspecified atom stereocenters. The molecule has 2 heterocycles. The van der Waals surface area contributed by atoms with Gasteiger partial charge in [-0.05, 0) is 51.2 Å². The molecule has 0 spiro atoms. The van der Waals surface area contributed by atoms with E-state index in [0.29, 0.717) is 0 Å². The minimum atomic E-state index is 0.0803. The molecule has 0 radical (unpaired) electrons. The van der Waals surface area contributed by atoms with E-state index in [2.05, 4.69) is 71.8 Å². The third-order valence-electron chi connectivity index (χ3n) is 6.21. The molecule has 1 aromatic heterocycles. The molecule has 1 aliphatic heterocycles. The van der Waals surface area contributed by atoms with Crippen LogP contribution in [0.15, 0.2) is 35.3 Å². The molecule has 6 heteroatoms. The third kappa shape index (κ3) is 4.99. The maximum Gasteiger partial charge on any atom is 0.191 e. The zero-order valence-corrected chi connectivity index (χ0v) is 18.5. The molecule has 3 rings (SSSR count). The van der Waals surface area contributed by atoms with Gasteiger partial charge >= 0.3 is 0 Å². The number of rotatable bonds is 6. The highest BCUT2D eigenvalue weighted by Gasteiger charge is 2.34. The van der Waals surface area contributed by atoms with Crippen LogP contribution in [0.2, 0.25) is 0 Å². The molecule has 0 aliphatic carbocycles. The Hall–Kier alpha value is -2.34. The number of aryl methyl sites for hydroxylation is 2. The SMILES string of the molecule is CN=C(NCC1(c2ccccc2)CCOCC1)NC(C)Cc1c(C)nn(C)c1C. The van der Waals surface area contributed by atoms with Crippen molar-refractivity contribution >= 4 is 5.96 Å². The van der Waals surface area contributed by atoms with Crippen LogP contribution in [0.25, 0.3) is 0 Å². The lowest BCUT2D eigenvalue weighted by Crippen LogP contribution is -2.50. The largest absolute Gasteiger partial charge is 0.381 e. The monoisotopic (exact) mass is 397 g/mol. The van der Waals surface area contributed by atoms with E-state index in [1.165, 1.54) is 16.8 Å². The van der Waals surface area contributed by atoms with Crippen molar-refractivity contribution in [2.45, 2.75) is 51.5 Å². The fourth-order valence-electron chi connectivity index (χ4n) is 4.27. The zero-order valence-electron chi connectivity index (χ0n) is 18.5.